The van der Waals surface area contributed by atoms with Crippen LogP contribution in [0.15, 0.2) is 0 Å². The van der Waals surface area contributed by atoms with Gasteiger partial charge < -0.3 is 9.64 Å². The molecule has 1 aromatic rings. The zero-order valence-corrected chi connectivity index (χ0v) is 11.8. The van der Waals surface area contributed by atoms with Crippen LogP contribution in [0.3, 0.4) is 0 Å². The predicted molar refractivity (Wildman–Crippen MR) is 74.0 cm³/mol. The lowest BCUT2D eigenvalue weighted by Crippen LogP contribution is -2.26. The average Bonchev–Trinajstić information content (AvgIpc) is 2.76. The summed E-state index contributed by atoms with van der Waals surface area (Å²) in [5.41, 5.74) is 2.74. The third-order valence-corrected chi connectivity index (χ3v) is 3.13. The summed E-state index contributed by atoms with van der Waals surface area (Å²) in [5.74, 6) is 6.35. The van der Waals surface area contributed by atoms with Gasteiger partial charge in [0.25, 0.3) is 0 Å². The van der Waals surface area contributed by atoms with Gasteiger partial charge in [-0.15, -0.1) is 0 Å². The van der Waals surface area contributed by atoms with Crippen LogP contribution in [0.25, 0.3) is 0 Å². The smallest absolute Gasteiger partial charge is 0.323 e. The van der Waals surface area contributed by atoms with Gasteiger partial charge in [0.15, 0.2) is 0 Å². The van der Waals surface area contributed by atoms with Crippen molar-refractivity contribution in [1.29, 1.82) is 0 Å². The minimum absolute atomic E-state index is 0.285. The summed E-state index contributed by atoms with van der Waals surface area (Å²) in [6, 6.07) is 0.324. The Hall–Kier alpha value is -1.63. The highest BCUT2D eigenvalue weighted by atomic mass is 16.5. The Balaban J connectivity index is 2.19. The van der Waals surface area contributed by atoms with Gasteiger partial charge in [-0.1, -0.05) is 20.8 Å². The third kappa shape index (κ3) is 3.44. The molecule has 0 spiro atoms. The van der Waals surface area contributed by atoms with Crippen molar-refractivity contribution >= 4 is 11.9 Å². The van der Waals surface area contributed by atoms with E-state index in [1.165, 1.54) is 0 Å². The Labute approximate surface area is 113 Å². The van der Waals surface area contributed by atoms with E-state index in [1.807, 2.05) is 6.92 Å². The summed E-state index contributed by atoms with van der Waals surface area (Å²) in [7, 11) is 0. The number of nitrogens with one attached hydrogen (secondary N) is 1. The van der Waals surface area contributed by atoms with E-state index in [2.05, 4.69) is 39.1 Å². The van der Waals surface area contributed by atoms with Crippen molar-refractivity contribution in [3.8, 4) is 6.01 Å². The van der Waals surface area contributed by atoms with E-state index >= 15 is 0 Å². The highest BCUT2D eigenvalue weighted by molar-refractivity contribution is 5.39. The van der Waals surface area contributed by atoms with Crippen molar-refractivity contribution in [2.24, 2.45) is 11.3 Å². The van der Waals surface area contributed by atoms with Crippen LogP contribution >= 0.6 is 0 Å². The summed E-state index contributed by atoms with van der Waals surface area (Å²) in [6.07, 6.45) is 2.03. The molecule has 19 heavy (non-hydrogen) atoms. The second-order valence-electron chi connectivity index (χ2n) is 5.57. The van der Waals surface area contributed by atoms with Crippen LogP contribution in [-0.4, -0.2) is 34.6 Å². The zero-order valence-electron chi connectivity index (χ0n) is 11.8. The number of nitrogens with zero attached hydrogens (tertiary/aromatic N) is 4. The van der Waals surface area contributed by atoms with E-state index in [9.17, 15) is 0 Å². The fraction of sp³-hybridized carbons (Fsp3) is 0.750. The molecule has 0 amide bonds. The van der Waals surface area contributed by atoms with Crippen molar-refractivity contribution < 1.29 is 4.74 Å². The molecule has 0 atom stereocenters. The maximum Gasteiger partial charge on any atom is 0.323 e. The lowest BCUT2D eigenvalue weighted by Gasteiger charge is -2.20. The first kappa shape index (κ1) is 13.8. The number of hydrogen-bond donors (Lipinski definition) is 2. The van der Waals surface area contributed by atoms with Crippen LogP contribution in [-0.2, 0) is 0 Å². The molecule has 0 aromatic carbocycles. The van der Waals surface area contributed by atoms with Gasteiger partial charge in [0.2, 0.25) is 11.9 Å². The maximum atomic E-state index is 5.47. The number of anilines is 2. The van der Waals surface area contributed by atoms with Gasteiger partial charge in [-0.2, -0.15) is 15.0 Å². The number of hydrogen-bond acceptors (Lipinski definition) is 7. The average molecular weight is 266 g/mol. The highest BCUT2D eigenvalue weighted by Gasteiger charge is 2.31. The molecule has 0 saturated carbocycles. The highest BCUT2D eigenvalue weighted by Crippen LogP contribution is 2.31. The van der Waals surface area contributed by atoms with Crippen molar-refractivity contribution in [1.82, 2.24) is 15.0 Å². The first-order valence-electron chi connectivity index (χ1n) is 6.64. The lowest BCUT2D eigenvalue weighted by atomic mass is 9.93. The molecular weight excluding hydrogens is 244 g/mol. The van der Waals surface area contributed by atoms with Gasteiger partial charge in [0.05, 0.1) is 6.61 Å². The Morgan fingerprint density at radius 1 is 1.37 bits per heavy atom. The van der Waals surface area contributed by atoms with Gasteiger partial charge in [-0.05, 0) is 18.3 Å². The van der Waals surface area contributed by atoms with E-state index in [0.717, 1.165) is 25.9 Å². The summed E-state index contributed by atoms with van der Waals surface area (Å²) in [6.45, 7) is 8.96. The molecule has 1 fully saturated rings. The maximum absolute atomic E-state index is 5.47. The Morgan fingerprint density at radius 2 is 2.16 bits per heavy atom. The molecule has 2 rings (SSSR count). The fourth-order valence-electron chi connectivity index (χ4n) is 2.09. The molecule has 7 heteroatoms. The van der Waals surface area contributed by atoms with Crippen molar-refractivity contribution in [2.75, 3.05) is 30.0 Å². The number of ether oxygens (including phenoxy) is 1. The molecule has 1 aromatic heterocycles. The van der Waals surface area contributed by atoms with E-state index < -0.39 is 0 Å². The van der Waals surface area contributed by atoms with Gasteiger partial charge in [-0.3, -0.25) is 5.43 Å². The normalized spacial score (nSPS) is 17.6. The monoisotopic (exact) mass is 266 g/mol. The molecule has 106 valence electrons. The Morgan fingerprint density at radius 3 is 2.74 bits per heavy atom. The molecule has 0 aliphatic carbocycles. The fourth-order valence-corrected chi connectivity index (χ4v) is 2.09. The zero-order chi connectivity index (χ0) is 13.9. The van der Waals surface area contributed by atoms with Crippen LogP contribution in [0.4, 0.5) is 11.9 Å². The molecule has 0 bridgehead atoms. The van der Waals surface area contributed by atoms with Crippen LogP contribution in [0.1, 0.15) is 33.6 Å². The molecule has 0 unspecified atom stereocenters. The Kier molecular flexibility index (Phi) is 4.04. The minimum Gasteiger partial charge on any atom is -0.463 e. The molecule has 2 heterocycles. The minimum atomic E-state index is 0.285. The molecular formula is C12H22N6O. The number of nitrogen functional groups attached to an aromatic ring is 1. The van der Waals surface area contributed by atoms with Gasteiger partial charge in [-0.25, -0.2) is 5.84 Å². The standard InChI is InChI=1S/C12H22N6O/c1-4-7-19-11-15-9(17-13)14-10(16-11)18-6-5-12(2,3)8-18/h4-8,13H2,1-3H3,(H,14,15,16,17). The quantitative estimate of drug-likeness (QED) is 0.611. The number of aromatic nitrogens is 3. The number of rotatable bonds is 5. The second-order valence-corrected chi connectivity index (χ2v) is 5.57. The Bertz CT molecular complexity index is 436. The molecule has 7 nitrogen and oxygen atoms in total. The number of nitrogens with two attached hydrogens (primary N) is 1. The third-order valence-electron chi connectivity index (χ3n) is 3.13. The van der Waals surface area contributed by atoms with E-state index in [4.69, 9.17) is 10.6 Å². The van der Waals surface area contributed by atoms with Crippen LogP contribution in [0.2, 0.25) is 0 Å². The lowest BCUT2D eigenvalue weighted by molar-refractivity contribution is 0.292. The molecule has 1 aliphatic heterocycles. The first-order chi connectivity index (χ1) is 9.04. The topological polar surface area (TPSA) is 89.2 Å². The molecule has 0 radical (unpaired) electrons. The summed E-state index contributed by atoms with van der Waals surface area (Å²) >= 11 is 0. The van der Waals surface area contributed by atoms with Crippen LogP contribution < -0.4 is 20.9 Å². The molecule has 1 saturated heterocycles. The molecule has 1 aliphatic rings. The number of hydrazine groups is 1. The van der Waals surface area contributed by atoms with E-state index in [1.54, 1.807) is 0 Å². The second kappa shape index (κ2) is 5.56. The first-order valence-corrected chi connectivity index (χ1v) is 6.64. The van der Waals surface area contributed by atoms with Gasteiger partial charge in [0, 0.05) is 13.1 Å². The SMILES string of the molecule is CCCOc1nc(NN)nc(N2CCC(C)(C)C2)n1. The summed E-state index contributed by atoms with van der Waals surface area (Å²) in [4.78, 5) is 14.9. The summed E-state index contributed by atoms with van der Waals surface area (Å²) < 4.78 is 5.47. The summed E-state index contributed by atoms with van der Waals surface area (Å²) in [5, 5.41) is 0. The molecule has 3 N–H and O–H groups in total. The van der Waals surface area contributed by atoms with Gasteiger partial charge >= 0.3 is 6.01 Å². The van der Waals surface area contributed by atoms with Crippen molar-refractivity contribution in [3.63, 3.8) is 0 Å². The van der Waals surface area contributed by atoms with Crippen molar-refractivity contribution in [2.45, 2.75) is 33.6 Å². The predicted octanol–water partition coefficient (Wildman–Crippen LogP) is 1.18. The van der Waals surface area contributed by atoms with Gasteiger partial charge in [0.1, 0.15) is 0 Å². The van der Waals surface area contributed by atoms with E-state index in [-0.39, 0.29) is 5.41 Å². The largest absolute Gasteiger partial charge is 0.463 e. The van der Waals surface area contributed by atoms with Crippen LogP contribution in [0, 0.1) is 5.41 Å². The van der Waals surface area contributed by atoms with Crippen LogP contribution in [0.5, 0.6) is 6.01 Å². The van der Waals surface area contributed by atoms with E-state index in [0.29, 0.717) is 24.5 Å². The van der Waals surface area contributed by atoms with Crippen molar-refractivity contribution in [3.05, 3.63) is 0 Å².